The Labute approximate surface area is 125 Å². The van der Waals surface area contributed by atoms with Gasteiger partial charge in [0.15, 0.2) is 0 Å². The molecule has 0 aromatic heterocycles. The van der Waals surface area contributed by atoms with E-state index < -0.39 is 11.5 Å². The molecule has 1 amide bonds. The average Bonchev–Trinajstić information content (AvgIpc) is 3.15. The minimum Gasteiger partial charge on any atom is -0.391 e. The molecule has 0 heterocycles. The Hall–Kier alpha value is -1.06. The van der Waals surface area contributed by atoms with Crippen LogP contribution < -0.4 is 5.32 Å². The maximum absolute atomic E-state index is 12.4. The van der Waals surface area contributed by atoms with E-state index in [0.717, 1.165) is 18.4 Å². The fourth-order valence-corrected chi connectivity index (χ4v) is 2.41. The second-order valence-electron chi connectivity index (χ2n) is 6.68. The lowest BCUT2D eigenvalue weighted by atomic mass is 9.88. The molecule has 20 heavy (non-hydrogen) atoms. The molecule has 1 atom stereocenters. The van der Waals surface area contributed by atoms with Crippen molar-refractivity contribution in [1.29, 1.82) is 0 Å². The van der Waals surface area contributed by atoms with E-state index >= 15 is 0 Å². The number of hydrogen-bond acceptors (Lipinski definition) is 2. The zero-order valence-electron chi connectivity index (χ0n) is 12.2. The predicted octanol–water partition coefficient (Wildman–Crippen LogP) is 2.89. The van der Waals surface area contributed by atoms with E-state index in [9.17, 15) is 9.90 Å². The minimum absolute atomic E-state index is 0.0110. The maximum Gasteiger partial charge on any atom is 0.230 e. The summed E-state index contributed by atoms with van der Waals surface area (Å²) in [4.78, 5) is 12.4. The highest BCUT2D eigenvalue weighted by atomic mass is 35.5. The molecular weight excluding hydrogens is 274 g/mol. The van der Waals surface area contributed by atoms with Crippen LogP contribution in [0.3, 0.4) is 0 Å². The number of aliphatic hydroxyl groups excluding tert-OH is 1. The van der Waals surface area contributed by atoms with Crippen LogP contribution in [0.1, 0.15) is 39.2 Å². The first-order valence-corrected chi connectivity index (χ1v) is 7.36. The molecule has 1 aliphatic rings. The van der Waals surface area contributed by atoms with E-state index in [-0.39, 0.29) is 17.9 Å². The van der Waals surface area contributed by atoms with Crippen LogP contribution >= 0.6 is 11.6 Å². The number of benzene rings is 1. The van der Waals surface area contributed by atoms with Gasteiger partial charge in [-0.1, -0.05) is 44.5 Å². The van der Waals surface area contributed by atoms with Crippen molar-refractivity contribution in [3.63, 3.8) is 0 Å². The van der Waals surface area contributed by atoms with Gasteiger partial charge in [0.25, 0.3) is 0 Å². The van der Waals surface area contributed by atoms with Crippen molar-refractivity contribution in [3.8, 4) is 0 Å². The summed E-state index contributed by atoms with van der Waals surface area (Å²) in [6.07, 6.45) is 1.12. The first kappa shape index (κ1) is 15.3. The third-order valence-electron chi connectivity index (χ3n) is 4.02. The Balaban J connectivity index is 2.03. The van der Waals surface area contributed by atoms with Crippen LogP contribution in [0.15, 0.2) is 24.3 Å². The van der Waals surface area contributed by atoms with Gasteiger partial charge in [0.2, 0.25) is 5.91 Å². The lowest BCUT2D eigenvalue weighted by Crippen LogP contribution is -2.43. The lowest BCUT2D eigenvalue weighted by Gasteiger charge is -2.27. The number of amides is 1. The van der Waals surface area contributed by atoms with Gasteiger partial charge in [-0.05, 0) is 36.0 Å². The Kier molecular flexibility index (Phi) is 4.12. The maximum atomic E-state index is 12.4. The summed E-state index contributed by atoms with van der Waals surface area (Å²) >= 11 is 6.00. The number of hydrogen-bond donors (Lipinski definition) is 2. The van der Waals surface area contributed by atoms with Crippen LogP contribution in [0, 0.1) is 5.41 Å². The number of nitrogens with one attached hydrogen (secondary N) is 1. The fourth-order valence-electron chi connectivity index (χ4n) is 2.22. The standard InChI is InChI=1S/C16H22ClNO2/c1-15(2,3)13(19)10-18-14(20)16(7-8-16)11-5-4-6-12(17)9-11/h4-6,9,13,19H,7-8,10H2,1-3H3,(H,18,20). The molecule has 4 heteroatoms. The number of aliphatic hydroxyl groups is 1. The molecule has 110 valence electrons. The van der Waals surface area contributed by atoms with Gasteiger partial charge in [-0.2, -0.15) is 0 Å². The van der Waals surface area contributed by atoms with Crippen LogP contribution in [0.25, 0.3) is 0 Å². The predicted molar refractivity (Wildman–Crippen MR) is 80.8 cm³/mol. The Morgan fingerprint density at radius 2 is 2.10 bits per heavy atom. The van der Waals surface area contributed by atoms with Crippen LogP contribution in [-0.2, 0) is 10.2 Å². The molecule has 2 rings (SSSR count). The molecule has 1 unspecified atom stereocenters. The molecule has 0 radical (unpaired) electrons. The van der Waals surface area contributed by atoms with E-state index in [1.807, 2.05) is 45.0 Å². The highest BCUT2D eigenvalue weighted by Crippen LogP contribution is 2.48. The zero-order chi connectivity index (χ0) is 15.0. The largest absolute Gasteiger partial charge is 0.391 e. The van der Waals surface area contributed by atoms with Crippen molar-refractivity contribution >= 4 is 17.5 Å². The van der Waals surface area contributed by atoms with Gasteiger partial charge in [-0.15, -0.1) is 0 Å². The van der Waals surface area contributed by atoms with Crippen molar-refractivity contribution < 1.29 is 9.90 Å². The molecule has 1 fully saturated rings. The first-order chi connectivity index (χ1) is 9.25. The van der Waals surface area contributed by atoms with E-state index in [2.05, 4.69) is 5.32 Å². The molecular formula is C16H22ClNO2. The van der Waals surface area contributed by atoms with Gasteiger partial charge in [0.1, 0.15) is 0 Å². The average molecular weight is 296 g/mol. The molecule has 1 saturated carbocycles. The SMILES string of the molecule is CC(C)(C)C(O)CNC(=O)C1(c2cccc(Cl)c2)CC1. The third kappa shape index (κ3) is 3.15. The third-order valence-corrected chi connectivity index (χ3v) is 4.25. The number of rotatable bonds is 4. The molecule has 1 aliphatic carbocycles. The molecule has 0 saturated heterocycles. The summed E-state index contributed by atoms with van der Waals surface area (Å²) in [5.41, 5.74) is 0.287. The second kappa shape index (κ2) is 5.38. The summed E-state index contributed by atoms with van der Waals surface area (Å²) in [6, 6.07) is 7.48. The van der Waals surface area contributed by atoms with E-state index in [0.29, 0.717) is 5.02 Å². The lowest BCUT2D eigenvalue weighted by molar-refractivity contribution is -0.124. The van der Waals surface area contributed by atoms with Gasteiger partial charge in [0, 0.05) is 11.6 Å². The molecule has 0 spiro atoms. The molecule has 1 aromatic rings. The van der Waals surface area contributed by atoms with Gasteiger partial charge >= 0.3 is 0 Å². The smallest absolute Gasteiger partial charge is 0.230 e. The first-order valence-electron chi connectivity index (χ1n) is 6.98. The summed E-state index contributed by atoms with van der Waals surface area (Å²) in [7, 11) is 0. The van der Waals surface area contributed by atoms with Crippen molar-refractivity contribution in [2.75, 3.05) is 6.54 Å². The summed E-state index contributed by atoms with van der Waals surface area (Å²) in [5.74, 6) is -0.0110. The number of halogens is 1. The quantitative estimate of drug-likeness (QED) is 0.897. The van der Waals surface area contributed by atoms with E-state index in [1.165, 1.54) is 0 Å². The topological polar surface area (TPSA) is 49.3 Å². The molecule has 1 aromatic carbocycles. The van der Waals surface area contributed by atoms with Gasteiger partial charge in [0.05, 0.1) is 11.5 Å². The highest BCUT2D eigenvalue weighted by molar-refractivity contribution is 6.30. The summed E-state index contributed by atoms with van der Waals surface area (Å²) < 4.78 is 0. The normalized spacial score (nSPS) is 18.4. The molecule has 0 aliphatic heterocycles. The van der Waals surface area contributed by atoms with Crippen LogP contribution in [0.5, 0.6) is 0 Å². The Morgan fingerprint density at radius 3 is 2.60 bits per heavy atom. The van der Waals surface area contributed by atoms with Crippen molar-refractivity contribution in [2.24, 2.45) is 5.41 Å². The van der Waals surface area contributed by atoms with Gasteiger partial charge in [-0.3, -0.25) is 4.79 Å². The van der Waals surface area contributed by atoms with Crippen molar-refractivity contribution in [3.05, 3.63) is 34.9 Å². The summed E-state index contributed by atoms with van der Waals surface area (Å²) in [6.45, 7) is 6.14. The van der Waals surface area contributed by atoms with Crippen molar-refractivity contribution in [1.82, 2.24) is 5.32 Å². The van der Waals surface area contributed by atoms with Crippen LogP contribution in [-0.4, -0.2) is 23.7 Å². The van der Waals surface area contributed by atoms with Gasteiger partial charge < -0.3 is 10.4 Å². The van der Waals surface area contributed by atoms with E-state index in [4.69, 9.17) is 11.6 Å². The Bertz CT molecular complexity index is 503. The number of carbonyl (C=O) groups excluding carboxylic acids is 1. The van der Waals surface area contributed by atoms with Crippen LogP contribution in [0.2, 0.25) is 5.02 Å². The minimum atomic E-state index is -0.554. The molecule has 3 nitrogen and oxygen atoms in total. The van der Waals surface area contributed by atoms with Crippen LogP contribution in [0.4, 0.5) is 0 Å². The molecule has 2 N–H and O–H groups in total. The van der Waals surface area contributed by atoms with Crippen molar-refractivity contribution in [2.45, 2.75) is 45.1 Å². The van der Waals surface area contributed by atoms with Gasteiger partial charge in [-0.25, -0.2) is 0 Å². The highest BCUT2D eigenvalue weighted by Gasteiger charge is 2.51. The second-order valence-corrected chi connectivity index (χ2v) is 7.12. The Morgan fingerprint density at radius 1 is 1.45 bits per heavy atom. The van der Waals surface area contributed by atoms with E-state index in [1.54, 1.807) is 0 Å². The molecule has 0 bridgehead atoms. The monoisotopic (exact) mass is 295 g/mol. The summed E-state index contributed by atoms with van der Waals surface area (Å²) in [5, 5.41) is 13.5. The fraction of sp³-hybridized carbons (Fsp3) is 0.562. The number of carbonyl (C=O) groups is 1. The zero-order valence-corrected chi connectivity index (χ0v) is 13.0.